The van der Waals surface area contributed by atoms with Crippen LogP contribution in [0.1, 0.15) is 38.1 Å². The molecule has 1 saturated heterocycles. The first-order chi connectivity index (χ1) is 8.27. The highest BCUT2D eigenvalue weighted by Gasteiger charge is 2.52. The van der Waals surface area contributed by atoms with E-state index >= 15 is 0 Å². The summed E-state index contributed by atoms with van der Waals surface area (Å²) in [6, 6.07) is 1.56. The van der Waals surface area contributed by atoms with Gasteiger partial charge in [-0.2, -0.15) is 0 Å². The van der Waals surface area contributed by atoms with Gasteiger partial charge in [-0.15, -0.1) is 0 Å². The molecule has 0 aromatic carbocycles. The molecule has 0 amide bonds. The Morgan fingerprint density at radius 2 is 1.83 bits per heavy atom. The van der Waals surface area contributed by atoms with Crippen molar-refractivity contribution in [1.82, 2.24) is 4.98 Å². The Morgan fingerprint density at radius 3 is 2.33 bits per heavy atom. The zero-order chi connectivity index (χ0) is 13.6. The van der Waals surface area contributed by atoms with Crippen LogP contribution in [0.15, 0.2) is 12.3 Å². The normalized spacial score (nSPS) is 21.1. The van der Waals surface area contributed by atoms with E-state index in [1.165, 1.54) is 6.20 Å². The first kappa shape index (κ1) is 13.5. The maximum absolute atomic E-state index is 11.0. The van der Waals surface area contributed by atoms with Gasteiger partial charge in [-0.3, -0.25) is 9.78 Å². The van der Waals surface area contributed by atoms with Crippen molar-refractivity contribution in [2.24, 2.45) is 0 Å². The highest BCUT2D eigenvalue weighted by Crippen LogP contribution is 2.36. The molecule has 0 unspecified atom stereocenters. The molecule has 6 heteroatoms. The van der Waals surface area contributed by atoms with Crippen molar-refractivity contribution >= 4 is 30.6 Å². The third-order valence-corrected chi connectivity index (χ3v) is 3.73. The lowest BCUT2D eigenvalue weighted by Crippen LogP contribution is -2.41. The van der Waals surface area contributed by atoms with Crippen LogP contribution in [0.2, 0.25) is 5.02 Å². The molecule has 18 heavy (non-hydrogen) atoms. The maximum Gasteiger partial charge on any atom is 0.515 e. The summed E-state index contributed by atoms with van der Waals surface area (Å²) in [6.07, 6.45) is 2.19. The third-order valence-electron chi connectivity index (χ3n) is 3.52. The zero-order valence-corrected chi connectivity index (χ0v) is 11.6. The largest absolute Gasteiger partial charge is 0.515 e. The molecule has 2 rings (SSSR count). The molecule has 1 fully saturated rings. The van der Waals surface area contributed by atoms with Crippen LogP contribution in [0.4, 0.5) is 0 Å². The van der Waals surface area contributed by atoms with Crippen molar-refractivity contribution in [3.05, 3.63) is 22.8 Å². The van der Waals surface area contributed by atoms with Crippen LogP contribution in [0, 0.1) is 0 Å². The number of hydrogen-bond donors (Lipinski definition) is 0. The summed E-state index contributed by atoms with van der Waals surface area (Å²) in [7, 11) is -0.646. The van der Waals surface area contributed by atoms with E-state index in [4.69, 9.17) is 20.9 Å². The summed E-state index contributed by atoms with van der Waals surface area (Å²) in [5, 5.41) is 0.414. The van der Waals surface area contributed by atoms with Gasteiger partial charge in [-0.1, -0.05) is 11.6 Å². The molecule has 0 atom stereocenters. The van der Waals surface area contributed by atoms with Crippen LogP contribution < -0.4 is 5.59 Å². The summed E-state index contributed by atoms with van der Waals surface area (Å²) < 4.78 is 11.7. The Morgan fingerprint density at radius 1 is 1.28 bits per heavy atom. The van der Waals surface area contributed by atoms with Gasteiger partial charge in [0.1, 0.15) is 0 Å². The monoisotopic (exact) mass is 267 g/mol. The minimum absolute atomic E-state index is 0.390. The molecule has 1 aromatic rings. The number of carbonyl (C=O) groups excluding carboxylic acids is 1. The number of aldehydes is 1. The number of halogens is 1. The van der Waals surface area contributed by atoms with Gasteiger partial charge in [-0.25, -0.2) is 0 Å². The van der Waals surface area contributed by atoms with Gasteiger partial charge in [0.05, 0.1) is 21.8 Å². The van der Waals surface area contributed by atoms with Gasteiger partial charge >= 0.3 is 7.12 Å². The number of nitrogens with zero attached hydrogens (tertiary/aromatic N) is 1. The highest BCUT2D eigenvalue weighted by atomic mass is 35.5. The first-order valence-corrected chi connectivity index (χ1v) is 6.11. The fourth-order valence-electron chi connectivity index (χ4n) is 1.71. The van der Waals surface area contributed by atoms with Crippen molar-refractivity contribution in [2.75, 3.05) is 0 Å². The van der Waals surface area contributed by atoms with Gasteiger partial charge in [-0.05, 0) is 33.8 Å². The minimum atomic E-state index is -0.646. The number of hydrogen-bond acceptors (Lipinski definition) is 4. The number of aromatic nitrogens is 1. The number of pyridine rings is 1. The molecule has 0 aliphatic carbocycles. The lowest BCUT2D eigenvalue weighted by molar-refractivity contribution is 0.00578. The minimum Gasteiger partial charge on any atom is -0.398 e. The smallest absolute Gasteiger partial charge is 0.398 e. The van der Waals surface area contributed by atoms with E-state index in [0.717, 1.165) is 0 Å². The molecular formula is C12H15BClNO3. The van der Waals surface area contributed by atoms with E-state index in [1.54, 1.807) is 6.07 Å². The Labute approximate surface area is 112 Å². The van der Waals surface area contributed by atoms with Crippen molar-refractivity contribution in [1.29, 1.82) is 0 Å². The molecule has 4 nitrogen and oxygen atoms in total. The summed E-state index contributed by atoms with van der Waals surface area (Å²) in [4.78, 5) is 15.2. The Hall–Kier alpha value is -0.905. The van der Waals surface area contributed by atoms with Crippen LogP contribution in [0.3, 0.4) is 0 Å². The first-order valence-electron chi connectivity index (χ1n) is 5.73. The third kappa shape index (κ3) is 2.18. The van der Waals surface area contributed by atoms with Crippen LogP contribution in [-0.2, 0) is 9.31 Å². The predicted molar refractivity (Wildman–Crippen MR) is 70.4 cm³/mol. The second-order valence-corrected chi connectivity index (χ2v) is 5.77. The summed E-state index contributed by atoms with van der Waals surface area (Å²) >= 11 is 5.81. The molecule has 0 spiro atoms. The molecule has 1 aliphatic heterocycles. The van der Waals surface area contributed by atoms with Crippen molar-refractivity contribution < 1.29 is 14.1 Å². The van der Waals surface area contributed by atoms with E-state index in [1.807, 2.05) is 27.7 Å². The van der Waals surface area contributed by atoms with E-state index in [0.29, 0.717) is 22.5 Å². The van der Waals surface area contributed by atoms with Gasteiger partial charge in [0.2, 0.25) is 0 Å². The summed E-state index contributed by atoms with van der Waals surface area (Å²) in [6.45, 7) is 7.79. The van der Waals surface area contributed by atoms with Gasteiger partial charge in [0.25, 0.3) is 0 Å². The van der Waals surface area contributed by atoms with Gasteiger partial charge in [0.15, 0.2) is 6.29 Å². The molecule has 0 saturated carbocycles. The fraction of sp³-hybridized carbons (Fsp3) is 0.500. The molecule has 0 N–H and O–H groups in total. The average Bonchev–Trinajstić information content (AvgIpc) is 2.47. The average molecular weight is 268 g/mol. The lowest BCUT2D eigenvalue weighted by atomic mass is 9.81. The Bertz CT molecular complexity index is 474. The molecule has 2 heterocycles. The molecule has 96 valence electrons. The lowest BCUT2D eigenvalue weighted by Gasteiger charge is -2.32. The van der Waals surface area contributed by atoms with Crippen LogP contribution >= 0.6 is 11.6 Å². The van der Waals surface area contributed by atoms with E-state index in [-0.39, 0.29) is 0 Å². The van der Waals surface area contributed by atoms with Crippen molar-refractivity contribution in [2.45, 2.75) is 38.9 Å². The standard InChI is InChI=1S/C12H15BClNO3/c1-11(2)12(3,4)18-13(17-11)10-8(7-16)5-9(14)6-15-10/h5-7H,1-4H3. The molecule has 0 bridgehead atoms. The zero-order valence-electron chi connectivity index (χ0n) is 10.9. The second-order valence-electron chi connectivity index (χ2n) is 5.33. The summed E-state index contributed by atoms with van der Waals surface area (Å²) in [5.74, 6) is 0. The number of rotatable bonds is 2. The molecule has 1 aromatic heterocycles. The quantitative estimate of drug-likeness (QED) is 0.606. The Balaban J connectivity index is 2.38. The van der Waals surface area contributed by atoms with Gasteiger partial charge < -0.3 is 9.31 Å². The summed E-state index contributed by atoms with van der Waals surface area (Å²) in [5.41, 5.74) is -0.0628. The highest BCUT2D eigenvalue weighted by molar-refractivity contribution is 6.62. The topological polar surface area (TPSA) is 48.4 Å². The second kappa shape index (κ2) is 4.33. The van der Waals surface area contributed by atoms with E-state index in [2.05, 4.69) is 4.98 Å². The van der Waals surface area contributed by atoms with Crippen LogP contribution in [-0.4, -0.2) is 29.6 Å². The molecule has 1 aliphatic rings. The number of carbonyl (C=O) groups is 1. The maximum atomic E-state index is 11.0. The van der Waals surface area contributed by atoms with Crippen LogP contribution in [0.5, 0.6) is 0 Å². The SMILES string of the molecule is CC1(C)OB(c2ncc(Cl)cc2C=O)OC1(C)C. The van der Waals surface area contributed by atoms with Crippen molar-refractivity contribution in [3.8, 4) is 0 Å². The predicted octanol–water partition coefficient (Wildman–Crippen LogP) is 1.85. The van der Waals surface area contributed by atoms with Gasteiger partial charge in [0, 0.05) is 11.8 Å². The Kier molecular flexibility index (Phi) is 3.26. The van der Waals surface area contributed by atoms with E-state index < -0.39 is 18.3 Å². The molecule has 0 radical (unpaired) electrons. The van der Waals surface area contributed by atoms with E-state index in [9.17, 15) is 4.79 Å². The molecular weight excluding hydrogens is 252 g/mol. The van der Waals surface area contributed by atoms with Crippen LogP contribution in [0.25, 0.3) is 0 Å². The van der Waals surface area contributed by atoms with Crippen molar-refractivity contribution in [3.63, 3.8) is 0 Å². The fourth-order valence-corrected chi connectivity index (χ4v) is 1.88.